The van der Waals surface area contributed by atoms with Crippen molar-refractivity contribution >= 4 is 33.3 Å². The number of anilines is 1. The second kappa shape index (κ2) is 5.99. The summed E-state index contributed by atoms with van der Waals surface area (Å²) in [7, 11) is 5.70. The smallest absolute Gasteiger partial charge is 0.229 e. The highest BCUT2D eigenvalue weighted by Crippen LogP contribution is 2.41. The summed E-state index contributed by atoms with van der Waals surface area (Å²) in [6.45, 7) is 0. The summed E-state index contributed by atoms with van der Waals surface area (Å²) in [5.41, 5.74) is 1.47. The maximum Gasteiger partial charge on any atom is 0.229 e. The first-order valence-electron chi connectivity index (χ1n) is 8.78. The van der Waals surface area contributed by atoms with Crippen LogP contribution in [-0.2, 0) is 24.1 Å². The van der Waals surface area contributed by atoms with E-state index in [1.54, 1.807) is 19.0 Å². The van der Waals surface area contributed by atoms with Crippen LogP contribution in [0.4, 0.5) is 5.82 Å². The molecule has 0 bridgehead atoms. The molecule has 1 fully saturated rings. The van der Waals surface area contributed by atoms with Gasteiger partial charge >= 0.3 is 0 Å². The number of aromatic nitrogens is 2. The van der Waals surface area contributed by atoms with Crippen molar-refractivity contribution in [2.24, 2.45) is 0 Å². The molecule has 2 aromatic rings. The van der Waals surface area contributed by atoms with Crippen LogP contribution in [0.15, 0.2) is 0 Å². The Hall–Kier alpha value is -1.69. The first kappa shape index (κ1) is 15.8. The van der Waals surface area contributed by atoms with Crippen LogP contribution in [0.3, 0.4) is 0 Å². The molecule has 0 aromatic carbocycles. The van der Waals surface area contributed by atoms with E-state index in [0.717, 1.165) is 23.5 Å². The van der Waals surface area contributed by atoms with Crippen molar-refractivity contribution in [1.29, 1.82) is 0 Å². The Morgan fingerprint density at radius 2 is 1.92 bits per heavy atom. The standard InChI is InChI=1S/C18H24N4OS/c1-21(2)15(23)10-14-19-17(22(3)11-8-9-11)16-12-6-4-5-7-13(12)24-18(16)20-14/h11H,4-10H2,1-3H3. The first-order valence-corrected chi connectivity index (χ1v) is 9.60. The molecule has 2 heterocycles. The minimum absolute atomic E-state index is 0.0516. The molecule has 1 amide bonds. The zero-order valence-electron chi connectivity index (χ0n) is 14.6. The molecule has 6 heteroatoms. The number of amides is 1. The summed E-state index contributed by atoms with van der Waals surface area (Å²) in [5.74, 6) is 1.75. The zero-order chi connectivity index (χ0) is 16.8. The number of nitrogens with zero attached hydrogens (tertiary/aromatic N) is 4. The summed E-state index contributed by atoms with van der Waals surface area (Å²) in [5, 5.41) is 1.25. The number of rotatable bonds is 4. The summed E-state index contributed by atoms with van der Waals surface area (Å²) in [6, 6.07) is 0.597. The molecule has 24 heavy (non-hydrogen) atoms. The van der Waals surface area contributed by atoms with Crippen molar-refractivity contribution in [2.75, 3.05) is 26.0 Å². The van der Waals surface area contributed by atoms with E-state index < -0.39 is 0 Å². The molecule has 5 nitrogen and oxygen atoms in total. The van der Waals surface area contributed by atoms with Gasteiger partial charge in [0, 0.05) is 32.1 Å². The largest absolute Gasteiger partial charge is 0.356 e. The molecule has 0 radical (unpaired) electrons. The van der Waals surface area contributed by atoms with Gasteiger partial charge in [0.2, 0.25) is 5.91 Å². The second-order valence-electron chi connectivity index (χ2n) is 7.16. The number of carbonyl (C=O) groups is 1. The fourth-order valence-electron chi connectivity index (χ4n) is 3.44. The number of likely N-dealkylation sites (N-methyl/N-ethyl adjacent to an activating group) is 1. The van der Waals surface area contributed by atoms with E-state index in [-0.39, 0.29) is 12.3 Å². The topological polar surface area (TPSA) is 49.3 Å². The molecule has 0 atom stereocenters. The molecule has 0 aliphatic heterocycles. The quantitative estimate of drug-likeness (QED) is 0.856. The van der Waals surface area contributed by atoms with Gasteiger partial charge in [-0.3, -0.25) is 4.79 Å². The molecule has 0 saturated heterocycles. The van der Waals surface area contributed by atoms with E-state index in [9.17, 15) is 4.79 Å². The fourth-order valence-corrected chi connectivity index (χ4v) is 4.72. The van der Waals surface area contributed by atoms with Crippen LogP contribution in [0.25, 0.3) is 10.2 Å². The molecule has 2 aliphatic rings. The van der Waals surface area contributed by atoms with Gasteiger partial charge in [0.25, 0.3) is 0 Å². The van der Waals surface area contributed by atoms with Crippen molar-refractivity contribution in [3.8, 4) is 0 Å². The maximum atomic E-state index is 12.1. The fraction of sp³-hybridized carbons (Fsp3) is 0.611. The highest BCUT2D eigenvalue weighted by atomic mass is 32.1. The normalized spacial score (nSPS) is 17.0. The third-order valence-corrected chi connectivity index (χ3v) is 6.26. The van der Waals surface area contributed by atoms with E-state index in [2.05, 4.69) is 11.9 Å². The van der Waals surface area contributed by atoms with Crippen LogP contribution in [0.5, 0.6) is 0 Å². The Kier molecular flexibility index (Phi) is 3.95. The Morgan fingerprint density at radius 1 is 1.17 bits per heavy atom. The van der Waals surface area contributed by atoms with Crippen molar-refractivity contribution in [3.05, 3.63) is 16.3 Å². The second-order valence-corrected chi connectivity index (χ2v) is 8.25. The molecule has 2 aliphatic carbocycles. The lowest BCUT2D eigenvalue weighted by molar-refractivity contribution is -0.128. The summed E-state index contributed by atoms with van der Waals surface area (Å²) < 4.78 is 0. The van der Waals surface area contributed by atoms with Crippen LogP contribution < -0.4 is 4.90 Å². The number of carbonyl (C=O) groups excluding carboxylic acids is 1. The van der Waals surface area contributed by atoms with Gasteiger partial charge in [0.15, 0.2) is 0 Å². The van der Waals surface area contributed by atoms with Gasteiger partial charge in [-0.15, -0.1) is 11.3 Å². The van der Waals surface area contributed by atoms with E-state index in [4.69, 9.17) is 9.97 Å². The van der Waals surface area contributed by atoms with E-state index in [0.29, 0.717) is 11.9 Å². The van der Waals surface area contributed by atoms with Gasteiger partial charge in [-0.05, 0) is 44.1 Å². The summed E-state index contributed by atoms with van der Waals surface area (Å²) >= 11 is 1.81. The lowest BCUT2D eigenvalue weighted by Crippen LogP contribution is -2.26. The number of aryl methyl sites for hydroxylation is 2. The van der Waals surface area contributed by atoms with Crippen molar-refractivity contribution < 1.29 is 4.79 Å². The van der Waals surface area contributed by atoms with Crippen LogP contribution in [-0.4, -0.2) is 48.0 Å². The molecule has 128 valence electrons. The van der Waals surface area contributed by atoms with Crippen LogP contribution in [0, 0.1) is 0 Å². The highest BCUT2D eigenvalue weighted by molar-refractivity contribution is 7.19. The minimum Gasteiger partial charge on any atom is -0.356 e. The highest BCUT2D eigenvalue weighted by Gasteiger charge is 2.31. The van der Waals surface area contributed by atoms with Crippen LogP contribution >= 0.6 is 11.3 Å². The number of hydrogen-bond acceptors (Lipinski definition) is 5. The van der Waals surface area contributed by atoms with E-state index >= 15 is 0 Å². The zero-order valence-corrected chi connectivity index (χ0v) is 15.4. The molecule has 0 spiro atoms. The Balaban J connectivity index is 1.83. The molecule has 4 rings (SSSR count). The average Bonchev–Trinajstić information content (AvgIpc) is 3.34. The Bertz CT molecular complexity index is 794. The lowest BCUT2D eigenvalue weighted by Gasteiger charge is -2.21. The molecular formula is C18H24N4OS. The van der Waals surface area contributed by atoms with Gasteiger partial charge in [-0.1, -0.05) is 0 Å². The number of thiophene rings is 1. The lowest BCUT2D eigenvalue weighted by atomic mass is 9.97. The monoisotopic (exact) mass is 344 g/mol. The summed E-state index contributed by atoms with van der Waals surface area (Å²) in [4.78, 5) is 28.2. The molecule has 0 unspecified atom stereocenters. The number of hydrogen-bond donors (Lipinski definition) is 0. The van der Waals surface area contributed by atoms with Crippen molar-refractivity contribution in [1.82, 2.24) is 14.9 Å². The van der Waals surface area contributed by atoms with Crippen LogP contribution in [0.1, 0.15) is 41.9 Å². The van der Waals surface area contributed by atoms with Crippen molar-refractivity contribution in [2.45, 2.75) is 51.0 Å². The summed E-state index contributed by atoms with van der Waals surface area (Å²) in [6.07, 6.45) is 7.58. The van der Waals surface area contributed by atoms with E-state index in [1.165, 1.54) is 41.5 Å². The van der Waals surface area contributed by atoms with Gasteiger partial charge in [-0.25, -0.2) is 9.97 Å². The third kappa shape index (κ3) is 2.77. The number of fused-ring (bicyclic) bond motifs is 3. The Morgan fingerprint density at radius 3 is 2.62 bits per heavy atom. The first-order chi connectivity index (χ1) is 11.5. The molecule has 2 aromatic heterocycles. The van der Waals surface area contributed by atoms with Gasteiger partial charge in [0.1, 0.15) is 16.5 Å². The van der Waals surface area contributed by atoms with Crippen LogP contribution in [0.2, 0.25) is 0 Å². The Labute approximate surface area is 146 Å². The maximum absolute atomic E-state index is 12.1. The molecular weight excluding hydrogens is 320 g/mol. The van der Waals surface area contributed by atoms with Gasteiger partial charge in [-0.2, -0.15) is 0 Å². The predicted molar refractivity (Wildman–Crippen MR) is 97.9 cm³/mol. The van der Waals surface area contributed by atoms with E-state index in [1.807, 2.05) is 11.3 Å². The minimum atomic E-state index is 0.0516. The molecule has 0 N–H and O–H groups in total. The van der Waals surface area contributed by atoms with Gasteiger partial charge in [0.05, 0.1) is 11.8 Å². The van der Waals surface area contributed by atoms with Crippen molar-refractivity contribution in [3.63, 3.8) is 0 Å². The molecule has 1 saturated carbocycles. The van der Waals surface area contributed by atoms with Gasteiger partial charge < -0.3 is 9.80 Å². The third-order valence-electron chi connectivity index (χ3n) is 5.08. The predicted octanol–water partition coefficient (Wildman–Crippen LogP) is 2.80. The average molecular weight is 344 g/mol. The SMILES string of the molecule is CN(C)C(=O)Cc1nc(N(C)C2CC2)c2c3c(sc2n1)CCCC3.